The van der Waals surface area contributed by atoms with Crippen molar-refractivity contribution >= 4 is 28.9 Å². The number of methoxy groups -OCH3 is 1. The van der Waals surface area contributed by atoms with Gasteiger partial charge in [-0.05, 0) is 18.1 Å². The fourth-order valence-corrected chi connectivity index (χ4v) is 2.26. The Kier molecular flexibility index (Phi) is 3.98. The van der Waals surface area contributed by atoms with Crippen molar-refractivity contribution in [3.05, 3.63) is 47.4 Å². The maximum atomic E-state index is 6.02. The molecule has 0 amide bonds. The molecule has 21 heavy (non-hydrogen) atoms. The molecule has 2 heterocycles. The molecule has 0 fully saturated rings. The van der Waals surface area contributed by atoms with E-state index >= 15 is 0 Å². The van der Waals surface area contributed by atoms with Gasteiger partial charge in [-0.3, -0.25) is 0 Å². The van der Waals surface area contributed by atoms with Gasteiger partial charge in [0, 0.05) is 18.9 Å². The summed E-state index contributed by atoms with van der Waals surface area (Å²) in [4.78, 5) is 8.15. The fourth-order valence-electron chi connectivity index (χ4n) is 2.08. The first-order valence-electron chi connectivity index (χ1n) is 6.48. The lowest BCUT2D eigenvalue weighted by atomic mass is 10.1. The second-order valence-corrected chi connectivity index (χ2v) is 4.85. The summed E-state index contributed by atoms with van der Waals surface area (Å²) in [6, 6.07) is 9.75. The van der Waals surface area contributed by atoms with Gasteiger partial charge in [-0.15, -0.1) is 0 Å². The minimum atomic E-state index is 0.368. The van der Waals surface area contributed by atoms with Gasteiger partial charge >= 0.3 is 0 Å². The predicted molar refractivity (Wildman–Crippen MR) is 81.1 cm³/mol. The third kappa shape index (κ3) is 2.96. The van der Waals surface area contributed by atoms with Gasteiger partial charge in [0.15, 0.2) is 0 Å². The van der Waals surface area contributed by atoms with E-state index in [1.54, 1.807) is 17.7 Å². The smallest absolute Gasteiger partial charge is 0.255 e. The van der Waals surface area contributed by atoms with E-state index in [9.17, 15) is 0 Å². The number of benzene rings is 1. The Morgan fingerprint density at radius 2 is 2.19 bits per heavy atom. The average molecular weight is 304 g/mol. The number of fused-ring (bicyclic) bond motifs is 1. The number of nitrogens with zero attached hydrogens (tertiary/aromatic N) is 4. The number of anilines is 2. The minimum Gasteiger partial charge on any atom is -0.384 e. The highest BCUT2D eigenvalue weighted by Crippen LogP contribution is 2.23. The number of halogens is 1. The molecule has 108 valence electrons. The summed E-state index contributed by atoms with van der Waals surface area (Å²) in [5.74, 6) is 1.17. The lowest BCUT2D eigenvalue weighted by molar-refractivity contribution is 0.202. The molecule has 0 aliphatic heterocycles. The lowest BCUT2D eigenvalue weighted by Gasteiger charge is -2.12. The van der Waals surface area contributed by atoms with Crippen molar-refractivity contribution in [2.24, 2.45) is 0 Å². The van der Waals surface area contributed by atoms with E-state index in [1.807, 2.05) is 18.2 Å². The molecule has 0 unspecified atom stereocenters. The fraction of sp³-hybridized carbons (Fsp3) is 0.214. The maximum Gasteiger partial charge on any atom is 0.255 e. The molecule has 0 aliphatic carbocycles. The third-order valence-electron chi connectivity index (χ3n) is 3.08. The zero-order chi connectivity index (χ0) is 14.7. The summed E-state index contributed by atoms with van der Waals surface area (Å²) >= 11 is 6.02. The molecule has 3 rings (SSSR count). The summed E-state index contributed by atoms with van der Waals surface area (Å²) < 4.78 is 6.75. The summed E-state index contributed by atoms with van der Waals surface area (Å²) in [5.41, 5.74) is 2.13. The van der Waals surface area contributed by atoms with E-state index in [4.69, 9.17) is 16.3 Å². The van der Waals surface area contributed by atoms with E-state index < -0.39 is 0 Å². The van der Waals surface area contributed by atoms with Crippen molar-refractivity contribution in [1.82, 2.24) is 19.6 Å². The molecule has 3 aromatic rings. The van der Waals surface area contributed by atoms with Crippen molar-refractivity contribution < 1.29 is 4.74 Å². The Balaban J connectivity index is 1.97. The highest BCUT2D eigenvalue weighted by Gasteiger charge is 2.08. The van der Waals surface area contributed by atoms with Gasteiger partial charge in [0.1, 0.15) is 17.3 Å². The van der Waals surface area contributed by atoms with Crippen LogP contribution in [0.15, 0.2) is 36.7 Å². The van der Waals surface area contributed by atoms with Gasteiger partial charge in [0.25, 0.3) is 5.78 Å². The van der Waals surface area contributed by atoms with Crippen LogP contribution in [0, 0.1) is 0 Å². The van der Waals surface area contributed by atoms with Crippen LogP contribution in [0.2, 0.25) is 5.15 Å². The van der Waals surface area contributed by atoms with Crippen LogP contribution in [0.25, 0.3) is 5.78 Å². The van der Waals surface area contributed by atoms with Crippen LogP contribution in [0.5, 0.6) is 0 Å². The highest BCUT2D eigenvalue weighted by atomic mass is 35.5. The van der Waals surface area contributed by atoms with Crippen molar-refractivity contribution in [1.29, 1.82) is 0 Å². The zero-order valence-corrected chi connectivity index (χ0v) is 12.2. The van der Waals surface area contributed by atoms with E-state index in [0.717, 1.165) is 17.7 Å². The minimum absolute atomic E-state index is 0.368. The van der Waals surface area contributed by atoms with Crippen molar-refractivity contribution in [3.63, 3.8) is 0 Å². The Hall–Kier alpha value is -2.18. The van der Waals surface area contributed by atoms with Gasteiger partial charge in [-0.2, -0.15) is 19.6 Å². The first-order valence-corrected chi connectivity index (χ1v) is 6.86. The SMILES string of the molecule is COCCc1ccccc1Nc1cc(Cl)nc2ncnn12. The van der Waals surface area contributed by atoms with Crippen LogP contribution >= 0.6 is 11.6 Å². The molecule has 0 radical (unpaired) electrons. The number of hydrogen-bond acceptors (Lipinski definition) is 5. The zero-order valence-electron chi connectivity index (χ0n) is 11.5. The van der Waals surface area contributed by atoms with Crippen LogP contribution < -0.4 is 5.32 Å². The standard InChI is InChI=1S/C14H14ClN5O/c1-21-7-6-10-4-2-3-5-11(10)18-13-8-12(15)19-14-16-9-17-20(13)14/h2-5,8-9,18H,6-7H2,1H3. The van der Waals surface area contributed by atoms with Gasteiger partial charge in [-0.1, -0.05) is 29.8 Å². The second kappa shape index (κ2) is 6.07. The van der Waals surface area contributed by atoms with E-state index in [0.29, 0.717) is 23.4 Å². The Morgan fingerprint density at radius 1 is 1.33 bits per heavy atom. The molecule has 0 atom stereocenters. The van der Waals surface area contributed by atoms with Gasteiger partial charge < -0.3 is 10.1 Å². The number of hydrogen-bond donors (Lipinski definition) is 1. The molecular weight excluding hydrogens is 290 g/mol. The summed E-state index contributed by atoms with van der Waals surface area (Å²) in [6.07, 6.45) is 2.26. The maximum absolute atomic E-state index is 6.02. The first kappa shape index (κ1) is 13.8. The van der Waals surface area contributed by atoms with Crippen molar-refractivity contribution in [2.45, 2.75) is 6.42 Å². The number of para-hydroxylation sites is 1. The van der Waals surface area contributed by atoms with E-state index in [2.05, 4.69) is 26.4 Å². The molecule has 0 saturated carbocycles. The topological polar surface area (TPSA) is 64.3 Å². The molecule has 2 aromatic heterocycles. The van der Waals surface area contributed by atoms with Crippen LogP contribution in [-0.4, -0.2) is 33.3 Å². The van der Waals surface area contributed by atoms with Crippen LogP contribution in [0.3, 0.4) is 0 Å². The van der Waals surface area contributed by atoms with Crippen LogP contribution in [0.1, 0.15) is 5.56 Å². The van der Waals surface area contributed by atoms with Gasteiger partial charge in [-0.25, -0.2) is 0 Å². The normalized spacial score (nSPS) is 11.0. The van der Waals surface area contributed by atoms with Gasteiger partial charge in [0.05, 0.1) is 6.61 Å². The molecular formula is C14H14ClN5O. The Bertz CT molecular complexity index is 758. The summed E-state index contributed by atoms with van der Waals surface area (Å²) in [5, 5.41) is 7.84. The molecule has 0 aliphatic rings. The first-order chi connectivity index (χ1) is 10.3. The van der Waals surface area contributed by atoms with Crippen LogP contribution in [-0.2, 0) is 11.2 Å². The van der Waals surface area contributed by atoms with E-state index in [-0.39, 0.29) is 0 Å². The molecule has 0 spiro atoms. The average Bonchev–Trinajstić information content (AvgIpc) is 2.94. The number of ether oxygens (including phenoxy) is 1. The lowest BCUT2D eigenvalue weighted by Crippen LogP contribution is -2.04. The Morgan fingerprint density at radius 3 is 3.05 bits per heavy atom. The summed E-state index contributed by atoms with van der Waals surface area (Å²) in [7, 11) is 1.69. The quantitative estimate of drug-likeness (QED) is 0.734. The van der Waals surface area contributed by atoms with Crippen molar-refractivity contribution in [2.75, 3.05) is 19.0 Å². The number of rotatable bonds is 5. The second-order valence-electron chi connectivity index (χ2n) is 4.46. The van der Waals surface area contributed by atoms with Gasteiger partial charge in [0.2, 0.25) is 0 Å². The molecule has 6 nitrogen and oxygen atoms in total. The molecule has 0 saturated heterocycles. The van der Waals surface area contributed by atoms with Crippen molar-refractivity contribution in [3.8, 4) is 0 Å². The molecule has 7 heteroatoms. The third-order valence-corrected chi connectivity index (χ3v) is 3.27. The Labute approximate surface area is 126 Å². The highest BCUT2D eigenvalue weighted by molar-refractivity contribution is 6.29. The molecule has 0 bridgehead atoms. The number of aromatic nitrogens is 4. The monoisotopic (exact) mass is 303 g/mol. The molecule has 1 N–H and O–H groups in total. The molecule has 1 aromatic carbocycles. The number of nitrogens with one attached hydrogen (secondary N) is 1. The summed E-state index contributed by atoms with van der Waals surface area (Å²) in [6.45, 7) is 0.661. The predicted octanol–water partition coefficient (Wildman–Crippen LogP) is 2.71. The van der Waals surface area contributed by atoms with Crippen LogP contribution in [0.4, 0.5) is 11.5 Å². The van der Waals surface area contributed by atoms with E-state index in [1.165, 1.54) is 6.33 Å². The largest absolute Gasteiger partial charge is 0.384 e.